The van der Waals surface area contributed by atoms with Crippen LogP contribution in [0.15, 0.2) is 72.8 Å². The molecule has 2 N–H and O–H groups in total. The van der Waals surface area contributed by atoms with Crippen LogP contribution in [0.5, 0.6) is 34.5 Å². The van der Waals surface area contributed by atoms with Crippen molar-refractivity contribution in [3.8, 4) is 34.5 Å². The molecule has 2 aliphatic heterocycles. The molecule has 56 heavy (non-hydrogen) atoms. The van der Waals surface area contributed by atoms with Gasteiger partial charge in [0.2, 0.25) is 23.3 Å². The van der Waals surface area contributed by atoms with Gasteiger partial charge in [0.25, 0.3) is 0 Å². The molecular weight excluding hydrogens is 759 g/mol. The van der Waals surface area contributed by atoms with E-state index in [9.17, 15) is 10.2 Å². The number of carbonyl (C=O) groups excluding carboxylic acids is 2. The normalized spacial score (nSPS) is 15.6. The Morgan fingerprint density at radius 3 is 1.14 bits per heavy atom. The first kappa shape index (κ1) is 40.5. The summed E-state index contributed by atoms with van der Waals surface area (Å²) in [5, 5.41) is 22.8. The molecule has 0 aliphatic carbocycles. The van der Waals surface area contributed by atoms with Crippen LogP contribution in [-0.4, -0.2) is 113 Å². The summed E-state index contributed by atoms with van der Waals surface area (Å²) in [6, 6.07) is 22.0. The fraction of sp³-hybridized carbons (Fsp3) is 0.381. The first-order valence-electron chi connectivity index (χ1n) is 18.5. The second-order valence-electron chi connectivity index (χ2n) is 13.8. The van der Waals surface area contributed by atoms with E-state index in [4.69, 9.17) is 42.1 Å². The van der Waals surface area contributed by atoms with Gasteiger partial charge >= 0.3 is 0 Å². The van der Waals surface area contributed by atoms with Crippen molar-refractivity contribution in [1.82, 2.24) is 9.80 Å². The van der Waals surface area contributed by atoms with E-state index in [1.807, 2.05) is 58.3 Å². The van der Waals surface area contributed by atoms with Crippen LogP contribution in [0.2, 0.25) is 10.0 Å². The van der Waals surface area contributed by atoms with E-state index in [0.29, 0.717) is 73.5 Å². The second kappa shape index (κ2) is 18.2. The van der Waals surface area contributed by atoms with Crippen molar-refractivity contribution >= 4 is 46.4 Å². The predicted molar refractivity (Wildman–Crippen MR) is 217 cm³/mol. The average Bonchev–Trinajstić information content (AvgIpc) is 3.23. The molecule has 2 atom stereocenters. The molecule has 6 rings (SSSR count). The zero-order valence-electron chi connectivity index (χ0n) is 32.0. The number of hydrogen-bond acceptors (Lipinski definition) is 10. The van der Waals surface area contributed by atoms with Crippen molar-refractivity contribution in [2.75, 3.05) is 90.6 Å². The standard InChI is InChI=1S/C42H48Cl2N4O8/c1-53-35-23-27(24-36(54-2)39(35)49)21-29(41(51)47-17-13-45(14-18-47)33-11-7-5-9-31(33)43)30(22-28-25-37(55-3)40(50)38(26-28)56-4)42(52)48-19-15-46(16-20-48)34-12-8-6-10-32(34)44/h5-12,23-26,29-30,49-50H,13-22H2,1-4H3/t29-,30+. The number of anilines is 2. The Labute approximate surface area is 337 Å². The Kier molecular flexibility index (Phi) is 13.1. The maximum absolute atomic E-state index is 15.1. The lowest BCUT2D eigenvalue weighted by atomic mass is 9.80. The molecule has 0 aromatic heterocycles. The SMILES string of the molecule is COc1cc(C[C@H](C(=O)N2CCN(c3ccccc3Cl)CC2)[C@@H](Cc2cc(OC)c(O)c(OC)c2)C(=O)N2CCN(c3ccccc3Cl)CC2)cc(OC)c1O. The van der Waals surface area contributed by atoms with E-state index in [-0.39, 0.29) is 59.2 Å². The number of nitrogens with zero attached hydrogens (tertiary/aromatic N) is 4. The summed E-state index contributed by atoms with van der Waals surface area (Å²) in [6.07, 6.45) is 0.276. The summed E-state index contributed by atoms with van der Waals surface area (Å²) < 4.78 is 21.9. The van der Waals surface area contributed by atoms with Gasteiger partial charge in [0.1, 0.15) is 0 Å². The molecule has 4 aromatic carbocycles. The molecule has 14 heteroatoms. The summed E-state index contributed by atoms with van der Waals surface area (Å²) in [6.45, 7) is 3.89. The Morgan fingerprint density at radius 2 is 0.857 bits per heavy atom. The van der Waals surface area contributed by atoms with Crippen LogP contribution < -0.4 is 28.7 Å². The van der Waals surface area contributed by atoms with Crippen LogP contribution in [0.3, 0.4) is 0 Å². The molecule has 2 heterocycles. The Hall–Kier alpha value is -5.20. The number of phenols is 2. The molecule has 2 amide bonds. The predicted octanol–water partition coefficient (Wildman–Crippen LogP) is 6.15. The number of carbonyl (C=O) groups is 2. The summed E-state index contributed by atoms with van der Waals surface area (Å²) in [4.78, 5) is 38.1. The summed E-state index contributed by atoms with van der Waals surface area (Å²) in [5.41, 5.74) is 3.10. The largest absolute Gasteiger partial charge is 0.502 e. The van der Waals surface area contributed by atoms with Crippen LogP contribution in [0.4, 0.5) is 11.4 Å². The molecule has 2 fully saturated rings. The first-order chi connectivity index (χ1) is 27.1. The molecule has 0 saturated carbocycles. The number of halogens is 2. The Balaban J connectivity index is 1.38. The highest BCUT2D eigenvalue weighted by Crippen LogP contribution is 2.41. The number of phenolic OH excluding ortho intramolecular Hbond substituents is 2. The Morgan fingerprint density at radius 1 is 0.554 bits per heavy atom. The number of aromatic hydroxyl groups is 2. The number of piperazine rings is 2. The minimum Gasteiger partial charge on any atom is -0.502 e. The van der Waals surface area contributed by atoms with Gasteiger partial charge in [-0.15, -0.1) is 0 Å². The van der Waals surface area contributed by atoms with Crippen LogP contribution in [0, 0.1) is 11.8 Å². The number of benzene rings is 4. The van der Waals surface area contributed by atoms with Gasteiger partial charge in [-0.3, -0.25) is 9.59 Å². The number of hydrogen-bond donors (Lipinski definition) is 2. The fourth-order valence-electron chi connectivity index (χ4n) is 7.66. The van der Waals surface area contributed by atoms with E-state index >= 15 is 9.59 Å². The molecule has 298 valence electrons. The van der Waals surface area contributed by atoms with Gasteiger partial charge in [0.15, 0.2) is 23.0 Å². The highest BCUT2D eigenvalue weighted by atomic mass is 35.5. The van der Waals surface area contributed by atoms with E-state index < -0.39 is 11.8 Å². The molecule has 0 radical (unpaired) electrons. The van der Waals surface area contributed by atoms with Crippen molar-refractivity contribution in [3.63, 3.8) is 0 Å². The maximum Gasteiger partial charge on any atom is 0.226 e. The summed E-state index contributed by atoms with van der Waals surface area (Å²) in [5.74, 6) is -1.66. The lowest BCUT2D eigenvalue weighted by Crippen LogP contribution is -2.55. The number of methoxy groups -OCH3 is 4. The van der Waals surface area contributed by atoms with Gasteiger partial charge in [0.05, 0.1) is 61.7 Å². The molecule has 2 aliphatic rings. The van der Waals surface area contributed by atoms with Gasteiger partial charge < -0.3 is 48.8 Å². The quantitative estimate of drug-likeness (QED) is 0.163. The number of para-hydroxylation sites is 2. The van der Waals surface area contributed by atoms with Crippen LogP contribution in [0.1, 0.15) is 11.1 Å². The average molecular weight is 808 g/mol. The molecule has 12 nitrogen and oxygen atoms in total. The van der Waals surface area contributed by atoms with Gasteiger partial charge in [-0.2, -0.15) is 0 Å². The van der Waals surface area contributed by atoms with Gasteiger partial charge in [-0.25, -0.2) is 0 Å². The van der Waals surface area contributed by atoms with Crippen molar-refractivity contribution in [1.29, 1.82) is 0 Å². The lowest BCUT2D eigenvalue weighted by molar-refractivity contribution is -0.146. The maximum atomic E-state index is 15.1. The van der Waals surface area contributed by atoms with Crippen LogP contribution in [0.25, 0.3) is 0 Å². The van der Waals surface area contributed by atoms with Crippen molar-refractivity contribution in [2.45, 2.75) is 12.8 Å². The van der Waals surface area contributed by atoms with Crippen LogP contribution in [-0.2, 0) is 22.4 Å². The van der Waals surface area contributed by atoms with Crippen molar-refractivity contribution in [2.24, 2.45) is 11.8 Å². The number of ether oxygens (including phenoxy) is 4. The molecule has 0 bridgehead atoms. The zero-order valence-corrected chi connectivity index (χ0v) is 33.6. The zero-order chi connectivity index (χ0) is 39.9. The third kappa shape index (κ3) is 8.76. The topological polar surface area (TPSA) is 124 Å². The summed E-state index contributed by atoms with van der Waals surface area (Å²) in [7, 11) is 5.78. The molecule has 0 spiro atoms. The fourth-order valence-corrected chi connectivity index (χ4v) is 8.17. The smallest absolute Gasteiger partial charge is 0.226 e. The molecule has 2 saturated heterocycles. The van der Waals surface area contributed by atoms with E-state index in [1.165, 1.54) is 28.4 Å². The second-order valence-corrected chi connectivity index (χ2v) is 14.7. The molecule has 4 aromatic rings. The highest BCUT2D eigenvalue weighted by Gasteiger charge is 2.40. The minimum absolute atomic E-state index is 0.138. The van der Waals surface area contributed by atoms with Crippen LogP contribution >= 0.6 is 23.2 Å². The third-order valence-corrected chi connectivity index (χ3v) is 11.3. The lowest BCUT2D eigenvalue weighted by Gasteiger charge is -2.41. The van der Waals surface area contributed by atoms with Gasteiger partial charge in [-0.05, 0) is 72.5 Å². The number of rotatable bonds is 13. The van der Waals surface area contributed by atoms with E-state index in [0.717, 1.165) is 11.4 Å². The summed E-state index contributed by atoms with van der Waals surface area (Å²) >= 11 is 13.1. The monoisotopic (exact) mass is 806 g/mol. The number of amides is 2. The van der Waals surface area contributed by atoms with E-state index in [2.05, 4.69) is 9.80 Å². The van der Waals surface area contributed by atoms with Crippen molar-refractivity contribution < 1.29 is 38.7 Å². The third-order valence-electron chi connectivity index (χ3n) is 10.7. The van der Waals surface area contributed by atoms with Crippen molar-refractivity contribution in [3.05, 3.63) is 94.0 Å². The Bertz CT molecular complexity index is 1820. The first-order valence-corrected chi connectivity index (χ1v) is 19.3. The minimum atomic E-state index is -0.860. The molecule has 0 unspecified atom stereocenters. The molecular formula is C42H48Cl2N4O8. The van der Waals surface area contributed by atoms with Gasteiger partial charge in [0, 0.05) is 52.4 Å². The van der Waals surface area contributed by atoms with Gasteiger partial charge in [-0.1, -0.05) is 47.5 Å². The highest BCUT2D eigenvalue weighted by molar-refractivity contribution is 6.33. The van der Waals surface area contributed by atoms with E-state index in [1.54, 1.807) is 24.3 Å².